The predicted molar refractivity (Wildman–Crippen MR) is 58.9 cm³/mol. The molecule has 0 spiro atoms. The van der Waals surface area contributed by atoms with E-state index in [-0.39, 0.29) is 11.9 Å². The van der Waals surface area contributed by atoms with E-state index in [1.807, 2.05) is 4.90 Å². The van der Waals surface area contributed by atoms with Gasteiger partial charge < -0.3 is 9.42 Å². The van der Waals surface area contributed by atoms with E-state index in [0.717, 1.165) is 18.3 Å². The molecule has 2 heterocycles. The van der Waals surface area contributed by atoms with Crippen molar-refractivity contribution in [3.8, 4) is 0 Å². The maximum absolute atomic E-state index is 12.0. The van der Waals surface area contributed by atoms with E-state index in [0.29, 0.717) is 11.6 Å². The molecule has 2 unspecified atom stereocenters. The molecule has 1 aliphatic heterocycles. The smallest absolute Gasteiger partial charge is 0.276 e. The molecule has 1 aromatic rings. The van der Waals surface area contributed by atoms with Crippen molar-refractivity contribution in [2.24, 2.45) is 5.92 Å². The van der Waals surface area contributed by atoms with E-state index in [1.165, 1.54) is 6.26 Å². The highest BCUT2D eigenvalue weighted by molar-refractivity contribution is 9.09. The molecule has 82 valence electrons. The first kappa shape index (κ1) is 10.7. The maximum atomic E-state index is 12.0. The van der Waals surface area contributed by atoms with Gasteiger partial charge in [-0.3, -0.25) is 4.79 Å². The van der Waals surface area contributed by atoms with Gasteiger partial charge in [-0.15, -0.1) is 0 Å². The molecule has 4 nitrogen and oxygen atoms in total. The zero-order valence-corrected chi connectivity index (χ0v) is 10.1. The Morgan fingerprint density at radius 1 is 1.80 bits per heavy atom. The van der Waals surface area contributed by atoms with Gasteiger partial charge in [0.2, 0.25) is 0 Å². The molecule has 2 rings (SSSR count). The number of amides is 1. The SMILES string of the molecule is CC1C(CBr)CCN1C(=O)c1ccon1. The molecule has 5 heteroatoms. The van der Waals surface area contributed by atoms with Crippen LogP contribution >= 0.6 is 15.9 Å². The molecule has 1 aromatic heterocycles. The van der Waals surface area contributed by atoms with Crippen LogP contribution in [0.2, 0.25) is 0 Å². The second-order valence-corrected chi connectivity index (χ2v) is 4.47. The van der Waals surface area contributed by atoms with Gasteiger partial charge in [0.15, 0.2) is 5.69 Å². The monoisotopic (exact) mass is 272 g/mol. The van der Waals surface area contributed by atoms with Gasteiger partial charge in [-0.2, -0.15) is 0 Å². The molecule has 15 heavy (non-hydrogen) atoms. The van der Waals surface area contributed by atoms with Gasteiger partial charge in [-0.25, -0.2) is 0 Å². The fourth-order valence-electron chi connectivity index (χ4n) is 1.97. The molecule has 1 saturated heterocycles. The molecule has 0 radical (unpaired) electrons. The van der Waals surface area contributed by atoms with E-state index >= 15 is 0 Å². The molecule has 0 aliphatic carbocycles. The summed E-state index contributed by atoms with van der Waals surface area (Å²) < 4.78 is 4.68. The Bertz CT molecular complexity index is 339. The van der Waals surface area contributed by atoms with Crippen LogP contribution in [-0.4, -0.2) is 33.9 Å². The number of hydrogen-bond donors (Lipinski definition) is 0. The van der Waals surface area contributed by atoms with Gasteiger partial charge in [0, 0.05) is 24.0 Å². The lowest BCUT2D eigenvalue weighted by molar-refractivity contribution is 0.0725. The molecule has 1 amide bonds. The van der Waals surface area contributed by atoms with Gasteiger partial charge >= 0.3 is 0 Å². The second-order valence-electron chi connectivity index (χ2n) is 3.83. The largest absolute Gasteiger partial charge is 0.364 e. The number of carbonyl (C=O) groups excluding carboxylic acids is 1. The zero-order valence-electron chi connectivity index (χ0n) is 8.52. The number of nitrogens with zero attached hydrogens (tertiary/aromatic N) is 2. The normalized spacial score (nSPS) is 25.9. The van der Waals surface area contributed by atoms with Crippen molar-refractivity contribution in [1.29, 1.82) is 0 Å². The van der Waals surface area contributed by atoms with E-state index in [9.17, 15) is 4.79 Å². The van der Waals surface area contributed by atoms with Crippen molar-refractivity contribution in [3.63, 3.8) is 0 Å². The van der Waals surface area contributed by atoms with Crippen molar-refractivity contribution < 1.29 is 9.32 Å². The maximum Gasteiger partial charge on any atom is 0.276 e. The van der Waals surface area contributed by atoms with Crippen LogP contribution in [0.25, 0.3) is 0 Å². The van der Waals surface area contributed by atoms with Crippen LogP contribution in [0.1, 0.15) is 23.8 Å². The third-order valence-corrected chi connectivity index (χ3v) is 3.86. The molecule has 2 atom stereocenters. The molecular weight excluding hydrogens is 260 g/mol. The quantitative estimate of drug-likeness (QED) is 0.773. The lowest BCUT2D eigenvalue weighted by Gasteiger charge is -2.22. The fourth-order valence-corrected chi connectivity index (χ4v) is 2.83. The first-order valence-electron chi connectivity index (χ1n) is 5.01. The number of carbonyl (C=O) groups is 1. The first-order valence-corrected chi connectivity index (χ1v) is 6.13. The van der Waals surface area contributed by atoms with E-state index in [1.54, 1.807) is 6.07 Å². The summed E-state index contributed by atoms with van der Waals surface area (Å²) in [5, 5.41) is 4.61. The van der Waals surface area contributed by atoms with Crippen molar-refractivity contribution in [3.05, 3.63) is 18.0 Å². The Kier molecular flexibility index (Phi) is 3.09. The van der Waals surface area contributed by atoms with Crippen LogP contribution in [0.4, 0.5) is 0 Å². The van der Waals surface area contributed by atoms with Crippen LogP contribution < -0.4 is 0 Å². The van der Waals surface area contributed by atoms with Crippen LogP contribution in [0.15, 0.2) is 16.9 Å². The molecular formula is C10H13BrN2O2. The lowest BCUT2D eigenvalue weighted by atomic mass is 10.1. The Hall–Kier alpha value is -0.840. The number of halogens is 1. The summed E-state index contributed by atoms with van der Waals surface area (Å²) >= 11 is 3.47. The summed E-state index contributed by atoms with van der Waals surface area (Å²) in [5.41, 5.74) is 0.400. The number of rotatable bonds is 2. The van der Waals surface area contributed by atoms with Crippen LogP contribution in [-0.2, 0) is 0 Å². The van der Waals surface area contributed by atoms with E-state index < -0.39 is 0 Å². The van der Waals surface area contributed by atoms with Crippen molar-refractivity contribution in [2.45, 2.75) is 19.4 Å². The van der Waals surface area contributed by atoms with E-state index in [2.05, 4.69) is 32.5 Å². The first-order chi connectivity index (χ1) is 7.24. The summed E-state index contributed by atoms with van der Waals surface area (Å²) in [6.45, 7) is 2.89. The molecule has 0 aromatic carbocycles. The van der Waals surface area contributed by atoms with Crippen LogP contribution in [0, 0.1) is 5.92 Å². The minimum atomic E-state index is -0.0281. The summed E-state index contributed by atoms with van der Waals surface area (Å²) in [7, 11) is 0. The predicted octanol–water partition coefficient (Wildman–Crippen LogP) is 1.92. The van der Waals surface area contributed by atoms with Gasteiger partial charge in [0.05, 0.1) is 0 Å². The number of alkyl halides is 1. The van der Waals surface area contributed by atoms with Crippen molar-refractivity contribution in [2.75, 3.05) is 11.9 Å². The molecule has 0 bridgehead atoms. The Morgan fingerprint density at radius 3 is 3.13 bits per heavy atom. The zero-order chi connectivity index (χ0) is 10.8. The third kappa shape index (κ3) is 1.93. The summed E-state index contributed by atoms with van der Waals surface area (Å²) in [6.07, 6.45) is 2.48. The fraction of sp³-hybridized carbons (Fsp3) is 0.600. The molecule has 0 N–H and O–H groups in total. The minimum Gasteiger partial charge on any atom is -0.364 e. The highest BCUT2D eigenvalue weighted by Crippen LogP contribution is 2.26. The highest BCUT2D eigenvalue weighted by Gasteiger charge is 2.34. The average molecular weight is 273 g/mol. The second kappa shape index (κ2) is 4.35. The Balaban J connectivity index is 2.10. The number of hydrogen-bond acceptors (Lipinski definition) is 3. The molecule has 1 fully saturated rings. The molecule has 0 saturated carbocycles. The van der Waals surface area contributed by atoms with Crippen molar-refractivity contribution >= 4 is 21.8 Å². The lowest BCUT2D eigenvalue weighted by Crippen LogP contribution is -2.36. The van der Waals surface area contributed by atoms with Crippen LogP contribution in [0.5, 0.6) is 0 Å². The van der Waals surface area contributed by atoms with Gasteiger partial charge in [-0.05, 0) is 19.3 Å². The highest BCUT2D eigenvalue weighted by atomic mass is 79.9. The number of likely N-dealkylation sites (tertiary alicyclic amines) is 1. The standard InChI is InChI=1S/C10H13BrN2O2/c1-7-8(6-11)2-4-13(7)10(14)9-3-5-15-12-9/h3,5,7-8H,2,4,6H2,1H3. The van der Waals surface area contributed by atoms with Gasteiger partial charge in [0.1, 0.15) is 6.26 Å². The Labute approximate surface area is 96.7 Å². The average Bonchev–Trinajstić information content (AvgIpc) is 2.85. The number of aromatic nitrogens is 1. The summed E-state index contributed by atoms with van der Waals surface area (Å²) in [4.78, 5) is 13.8. The van der Waals surface area contributed by atoms with Gasteiger partial charge in [-0.1, -0.05) is 21.1 Å². The Morgan fingerprint density at radius 2 is 2.60 bits per heavy atom. The minimum absolute atomic E-state index is 0.0281. The van der Waals surface area contributed by atoms with Gasteiger partial charge in [0.25, 0.3) is 5.91 Å². The van der Waals surface area contributed by atoms with Crippen LogP contribution in [0.3, 0.4) is 0 Å². The third-order valence-electron chi connectivity index (χ3n) is 3.03. The van der Waals surface area contributed by atoms with Crippen molar-refractivity contribution in [1.82, 2.24) is 10.1 Å². The molecule has 1 aliphatic rings. The summed E-state index contributed by atoms with van der Waals surface area (Å²) in [6, 6.07) is 1.88. The topological polar surface area (TPSA) is 46.3 Å². The summed E-state index contributed by atoms with van der Waals surface area (Å²) in [5.74, 6) is 0.514. The van der Waals surface area contributed by atoms with E-state index in [4.69, 9.17) is 0 Å².